The van der Waals surface area contributed by atoms with Gasteiger partial charge in [0.1, 0.15) is 6.04 Å². The van der Waals surface area contributed by atoms with Crippen LogP contribution in [0.3, 0.4) is 0 Å². The lowest BCUT2D eigenvalue weighted by molar-refractivity contribution is -0.142. The van der Waals surface area contributed by atoms with Crippen molar-refractivity contribution >= 4 is 11.8 Å². The second kappa shape index (κ2) is 38.6. The summed E-state index contributed by atoms with van der Waals surface area (Å²) in [4.78, 5) is 31.2. The Balaban J connectivity index is 4.24. The van der Waals surface area contributed by atoms with E-state index in [2.05, 4.69) is 52.0 Å². The Labute approximate surface area is 321 Å². The smallest absolute Gasteiger partial charge is 0.243 e. The second-order valence-corrected chi connectivity index (χ2v) is 16.7. The Kier molecular flexibility index (Phi) is 37.8. The van der Waals surface area contributed by atoms with Crippen molar-refractivity contribution in [3.63, 3.8) is 0 Å². The number of carbonyl (C=O) groups excluding carboxylic acids is 2. The first kappa shape index (κ1) is 49.9. The molecule has 0 bridgehead atoms. The van der Waals surface area contributed by atoms with Crippen LogP contribution >= 0.6 is 0 Å². The van der Waals surface area contributed by atoms with Crippen LogP contribution < -0.4 is 5.32 Å². The van der Waals surface area contributed by atoms with E-state index in [0.717, 1.165) is 38.8 Å². The average Bonchev–Trinajstić information content (AvgIpc) is 3.10. The van der Waals surface area contributed by atoms with Crippen LogP contribution in [0, 0.1) is 5.92 Å². The van der Waals surface area contributed by atoms with Gasteiger partial charge in [0, 0.05) is 19.5 Å². The van der Waals surface area contributed by atoms with E-state index in [0.29, 0.717) is 13.0 Å². The molecule has 0 aliphatic heterocycles. The van der Waals surface area contributed by atoms with Gasteiger partial charge in [-0.05, 0) is 45.8 Å². The summed E-state index contributed by atoms with van der Waals surface area (Å²) in [6, 6.07) is -0.378. The summed E-state index contributed by atoms with van der Waals surface area (Å²) < 4.78 is 0. The maximum absolute atomic E-state index is 13.6. The van der Waals surface area contributed by atoms with Crippen LogP contribution in [0.4, 0.5) is 0 Å². The number of hydrogen-bond acceptors (Lipinski definition) is 3. The number of nitrogens with one attached hydrogen (secondary N) is 1. The predicted octanol–water partition coefficient (Wildman–Crippen LogP) is 13.4. The van der Waals surface area contributed by atoms with Crippen molar-refractivity contribution in [2.75, 3.05) is 33.7 Å². The third-order valence-corrected chi connectivity index (χ3v) is 10.9. The van der Waals surface area contributed by atoms with Gasteiger partial charge in [0.15, 0.2) is 0 Å². The first-order chi connectivity index (χ1) is 24.8. The summed E-state index contributed by atoms with van der Waals surface area (Å²) in [5, 5.41) is 3.23. The standard InChI is InChI=1S/C46H93N3O2/c1-7-9-11-13-15-17-19-21-23-25-27-29-31-33-35-37-40-47-46(51)45(43(3)4)49(42-38-41-48(5)6)44(50)39-36-34-32-30-28-26-24-22-20-18-16-14-12-10-8-2/h43,45H,7-42H2,1-6H3,(H,47,51). The van der Waals surface area contributed by atoms with E-state index in [9.17, 15) is 9.59 Å². The molecule has 5 heteroatoms. The lowest BCUT2D eigenvalue weighted by Crippen LogP contribution is -2.53. The third-order valence-electron chi connectivity index (χ3n) is 10.9. The first-order valence-corrected chi connectivity index (χ1v) is 23.1. The molecule has 2 amide bonds. The molecule has 0 radical (unpaired) electrons. The summed E-state index contributed by atoms with van der Waals surface area (Å²) >= 11 is 0. The van der Waals surface area contributed by atoms with Gasteiger partial charge >= 0.3 is 0 Å². The van der Waals surface area contributed by atoms with Crippen LogP contribution in [0.15, 0.2) is 0 Å². The zero-order valence-corrected chi connectivity index (χ0v) is 35.8. The highest BCUT2D eigenvalue weighted by Gasteiger charge is 2.31. The van der Waals surface area contributed by atoms with Crippen LogP contribution in [0.25, 0.3) is 0 Å². The molecule has 0 saturated carbocycles. The Hall–Kier alpha value is -1.10. The maximum Gasteiger partial charge on any atom is 0.243 e. The van der Waals surface area contributed by atoms with E-state index in [-0.39, 0.29) is 23.8 Å². The lowest BCUT2D eigenvalue weighted by atomic mass is 9.99. The molecule has 0 aromatic heterocycles. The van der Waals surface area contributed by atoms with Gasteiger partial charge in [-0.2, -0.15) is 0 Å². The van der Waals surface area contributed by atoms with Crippen LogP contribution in [-0.2, 0) is 9.59 Å². The number of rotatable bonds is 40. The quantitative estimate of drug-likeness (QED) is 0.0642. The van der Waals surface area contributed by atoms with Crippen molar-refractivity contribution < 1.29 is 9.59 Å². The minimum Gasteiger partial charge on any atom is -0.354 e. The molecule has 0 fully saturated rings. The normalized spacial score (nSPS) is 12.2. The van der Waals surface area contributed by atoms with E-state index in [1.165, 1.54) is 180 Å². The molecule has 304 valence electrons. The molecule has 5 nitrogen and oxygen atoms in total. The zero-order valence-electron chi connectivity index (χ0n) is 35.8. The van der Waals surface area contributed by atoms with Gasteiger partial charge in [-0.15, -0.1) is 0 Å². The van der Waals surface area contributed by atoms with Crippen LogP contribution in [0.2, 0.25) is 0 Å². The number of hydrogen-bond donors (Lipinski definition) is 1. The molecule has 0 aromatic carbocycles. The van der Waals surface area contributed by atoms with Crippen LogP contribution in [-0.4, -0.2) is 61.4 Å². The highest BCUT2D eigenvalue weighted by Crippen LogP contribution is 2.18. The Bertz CT molecular complexity index is 740. The topological polar surface area (TPSA) is 52.7 Å². The number of amides is 2. The van der Waals surface area contributed by atoms with Gasteiger partial charge in [-0.3, -0.25) is 9.59 Å². The average molecular weight is 720 g/mol. The fourth-order valence-corrected chi connectivity index (χ4v) is 7.56. The van der Waals surface area contributed by atoms with Crippen molar-refractivity contribution in [1.29, 1.82) is 0 Å². The Morgan fingerprint density at radius 3 is 1.12 bits per heavy atom. The lowest BCUT2D eigenvalue weighted by Gasteiger charge is -2.34. The van der Waals surface area contributed by atoms with Crippen LogP contribution in [0.1, 0.15) is 240 Å². The molecule has 0 aromatic rings. The first-order valence-electron chi connectivity index (χ1n) is 23.1. The zero-order chi connectivity index (χ0) is 37.6. The Morgan fingerprint density at radius 2 is 0.784 bits per heavy atom. The summed E-state index contributed by atoms with van der Waals surface area (Å²) in [6.45, 7) is 11.1. The molecule has 0 aliphatic carbocycles. The molecule has 0 heterocycles. The predicted molar refractivity (Wildman–Crippen MR) is 226 cm³/mol. The summed E-state index contributed by atoms with van der Waals surface area (Å²) in [5.74, 6) is 0.306. The molecular formula is C46H93N3O2. The fraction of sp³-hybridized carbons (Fsp3) is 0.957. The highest BCUT2D eigenvalue weighted by molar-refractivity contribution is 5.87. The van der Waals surface area contributed by atoms with E-state index in [1.807, 2.05) is 4.90 Å². The van der Waals surface area contributed by atoms with Gasteiger partial charge in [-0.25, -0.2) is 0 Å². The fourth-order valence-electron chi connectivity index (χ4n) is 7.56. The summed E-state index contributed by atoms with van der Waals surface area (Å²) in [6.07, 6.45) is 43.0. The van der Waals surface area contributed by atoms with Crippen molar-refractivity contribution in [3.8, 4) is 0 Å². The molecular weight excluding hydrogens is 627 g/mol. The van der Waals surface area contributed by atoms with Crippen molar-refractivity contribution in [1.82, 2.24) is 15.1 Å². The highest BCUT2D eigenvalue weighted by atomic mass is 16.2. The molecule has 0 aliphatic rings. The minimum absolute atomic E-state index is 0.0423. The van der Waals surface area contributed by atoms with Crippen LogP contribution in [0.5, 0.6) is 0 Å². The largest absolute Gasteiger partial charge is 0.354 e. The summed E-state index contributed by atoms with van der Waals surface area (Å²) in [7, 11) is 4.15. The van der Waals surface area contributed by atoms with Crippen molar-refractivity contribution in [2.45, 2.75) is 246 Å². The van der Waals surface area contributed by atoms with Gasteiger partial charge < -0.3 is 15.1 Å². The molecule has 51 heavy (non-hydrogen) atoms. The van der Waals surface area contributed by atoms with E-state index < -0.39 is 0 Å². The van der Waals surface area contributed by atoms with Gasteiger partial charge in [0.2, 0.25) is 11.8 Å². The molecule has 0 spiro atoms. The third kappa shape index (κ3) is 33.2. The van der Waals surface area contributed by atoms with Crippen molar-refractivity contribution in [2.24, 2.45) is 5.92 Å². The van der Waals surface area contributed by atoms with E-state index in [1.54, 1.807) is 0 Å². The molecule has 0 saturated heterocycles. The SMILES string of the molecule is CCCCCCCCCCCCCCCCCCNC(=O)C(C(C)C)N(CCCN(C)C)C(=O)CCCCCCCCCCCCCCCCC. The molecule has 0 rings (SSSR count). The van der Waals surface area contributed by atoms with E-state index in [4.69, 9.17) is 0 Å². The van der Waals surface area contributed by atoms with Gasteiger partial charge in [0.25, 0.3) is 0 Å². The number of unbranched alkanes of at least 4 members (excludes halogenated alkanes) is 29. The molecule has 1 unspecified atom stereocenters. The van der Waals surface area contributed by atoms with Gasteiger partial charge in [0.05, 0.1) is 0 Å². The van der Waals surface area contributed by atoms with Gasteiger partial charge in [-0.1, -0.05) is 214 Å². The summed E-state index contributed by atoms with van der Waals surface area (Å²) in [5.41, 5.74) is 0. The van der Waals surface area contributed by atoms with E-state index >= 15 is 0 Å². The molecule has 1 N–H and O–H groups in total. The maximum atomic E-state index is 13.6. The Morgan fingerprint density at radius 1 is 0.451 bits per heavy atom. The second-order valence-electron chi connectivity index (χ2n) is 16.7. The monoisotopic (exact) mass is 720 g/mol. The number of nitrogens with zero attached hydrogens (tertiary/aromatic N) is 2. The van der Waals surface area contributed by atoms with Crippen molar-refractivity contribution in [3.05, 3.63) is 0 Å². The number of carbonyl (C=O) groups is 2. The molecule has 1 atom stereocenters. The minimum atomic E-state index is -0.378.